The van der Waals surface area contributed by atoms with Gasteiger partial charge in [0, 0.05) is 5.02 Å². The number of rotatable bonds is 5. The average molecular weight is 554 g/mol. The summed E-state index contributed by atoms with van der Waals surface area (Å²) in [6.07, 6.45) is -4.98. The monoisotopic (exact) mass is 553 g/mol. The van der Waals surface area contributed by atoms with E-state index in [0.717, 1.165) is 31.3 Å². The van der Waals surface area contributed by atoms with Gasteiger partial charge in [0.2, 0.25) is 9.84 Å². The Balaban J connectivity index is 2.39. The van der Waals surface area contributed by atoms with Crippen molar-refractivity contribution in [3.8, 4) is 0 Å². The second kappa shape index (κ2) is 10.1. The predicted molar refractivity (Wildman–Crippen MR) is 118 cm³/mol. The van der Waals surface area contributed by atoms with E-state index in [9.17, 15) is 31.2 Å². The molecule has 0 atom stereocenters. The van der Waals surface area contributed by atoms with E-state index in [1.807, 2.05) is 0 Å². The van der Waals surface area contributed by atoms with Crippen LogP contribution in [0.1, 0.15) is 5.56 Å². The number of sulfone groups is 1. The number of carbonyl (C=O) groups is 2. The lowest BCUT2D eigenvalue weighted by Crippen LogP contribution is -2.39. The van der Waals surface area contributed by atoms with Crippen LogP contribution in [0.2, 0.25) is 10.0 Å². The molecule has 0 spiro atoms. The standard InChI is InChI=1S/C21H16Cl2F3NO7S/c1-32-19(28)13-9-34-10-27(18(13)20(29)33-2)16-7-14(21(24,25)26)15(23)8-17(16)35(30,31)12-5-3-11(22)4-6-12/h3-8H,9-10H2,1-2H3. The molecule has 0 radical (unpaired) electrons. The van der Waals surface area contributed by atoms with Gasteiger partial charge in [-0.1, -0.05) is 23.2 Å². The Labute approximate surface area is 207 Å². The van der Waals surface area contributed by atoms with Gasteiger partial charge in [0.1, 0.15) is 12.4 Å². The van der Waals surface area contributed by atoms with Crippen molar-refractivity contribution in [2.75, 3.05) is 32.5 Å². The van der Waals surface area contributed by atoms with Crippen LogP contribution in [0.5, 0.6) is 0 Å². The molecule has 0 fully saturated rings. The van der Waals surface area contributed by atoms with Gasteiger partial charge in [-0.05, 0) is 36.4 Å². The first kappa shape index (κ1) is 26.8. The summed E-state index contributed by atoms with van der Waals surface area (Å²) < 4.78 is 82.6. The molecule has 1 aliphatic heterocycles. The molecular weight excluding hydrogens is 538 g/mol. The lowest BCUT2D eigenvalue weighted by Gasteiger charge is -2.33. The number of nitrogens with zero attached hydrogens (tertiary/aromatic N) is 1. The smallest absolute Gasteiger partial charge is 0.417 e. The van der Waals surface area contributed by atoms with Gasteiger partial charge in [-0.3, -0.25) is 0 Å². The molecule has 0 unspecified atom stereocenters. The molecule has 0 aliphatic carbocycles. The van der Waals surface area contributed by atoms with Crippen LogP contribution in [0, 0.1) is 0 Å². The second-order valence-electron chi connectivity index (χ2n) is 6.97. The molecular formula is C21H16Cl2F3NO7S. The highest BCUT2D eigenvalue weighted by Crippen LogP contribution is 2.43. The molecule has 14 heteroatoms. The third-order valence-electron chi connectivity index (χ3n) is 4.89. The van der Waals surface area contributed by atoms with E-state index in [-0.39, 0.29) is 15.5 Å². The number of hydrogen-bond acceptors (Lipinski definition) is 8. The third-order valence-corrected chi connectivity index (χ3v) is 7.25. The Morgan fingerprint density at radius 2 is 1.63 bits per heavy atom. The first-order valence-corrected chi connectivity index (χ1v) is 11.7. The van der Waals surface area contributed by atoms with E-state index in [1.165, 1.54) is 12.1 Å². The highest BCUT2D eigenvalue weighted by Gasteiger charge is 2.40. The second-order valence-corrected chi connectivity index (χ2v) is 9.73. The number of alkyl halides is 3. The highest BCUT2D eigenvalue weighted by molar-refractivity contribution is 7.91. The molecule has 1 heterocycles. The lowest BCUT2D eigenvalue weighted by atomic mass is 10.1. The van der Waals surface area contributed by atoms with Crippen LogP contribution >= 0.6 is 23.2 Å². The minimum absolute atomic E-state index is 0.220. The summed E-state index contributed by atoms with van der Waals surface area (Å²) in [6.45, 7) is -1.03. The highest BCUT2D eigenvalue weighted by atomic mass is 35.5. The van der Waals surface area contributed by atoms with Gasteiger partial charge >= 0.3 is 18.1 Å². The molecule has 188 valence electrons. The average Bonchev–Trinajstić information content (AvgIpc) is 2.81. The number of hydrogen-bond donors (Lipinski definition) is 0. The zero-order valence-electron chi connectivity index (χ0n) is 18.0. The molecule has 2 aromatic rings. The summed E-state index contributed by atoms with van der Waals surface area (Å²) in [5.41, 5.74) is -2.94. The first-order chi connectivity index (χ1) is 16.3. The Morgan fingerprint density at radius 3 is 2.17 bits per heavy atom. The number of esters is 2. The summed E-state index contributed by atoms with van der Waals surface area (Å²) in [7, 11) is -2.52. The molecule has 0 amide bonds. The van der Waals surface area contributed by atoms with E-state index < -0.39 is 68.2 Å². The minimum atomic E-state index is -4.98. The normalized spacial score (nSPS) is 14.7. The maximum absolute atomic E-state index is 13.7. The van der Waals surface area contributed by atoms with Gasteiger partial charge in [0.05, 0.1) is 52.5 Å². The van der Waals surface area contributed by atoms with Gasteiger partial charge in [-0.15, -0.1) is 0 Å². The summed E-state index contributed by atoms with van der Waals surface area (Å²) in [4.78, 5) is 24.7. The van der Waals surface area contributed by atoms with Crippen LogP contribution in [-0.4, -0.2) is 47.9 Å². The Hall–Kier alpha value is -2.80. The number of methoxy groups -OCH3 is 2. The summed E-state index contributed by atoms with van der Waals surface area (Å²) in [6, 6.07) is 5.92. The quantitative estimate of drug-likeness (QED) is 0.507. The van der Waals surface area contributed by atoms with Gasteiger partial charge < -0.3 is 19.1 Å². The maximum atomic E-state index is 13.7. The van der Waals surface area contributed by atoms with E-state index >= 15 is 0 Å². The van der Waals surface area contributed by atoms with Crippen LogP contribution < -0.4 is 4.90 Å². The Kier molecular flexibility index (Phi) is 7.70. The topological polar surface area (TPSA) is 99.2 Å². The van der Waals surface area contributed by atoms with Crippen molar-refractivity contribution >= 4 is 50.7 Å². The molecule has 3 rings (SSSR count). The number of halogens is 5. The predicted octanol–water partition coefficient (Wildman–Crippen LogP) is 4.24. The van der Waals surface area contributed by atoms with Crippen molar-refractivity contribution in [1.29, 1.82) is 0 Å². The van der Waals surface area contributed by atoms with E-state index in [4.69, 9.17) is 32.7 Å². The van der Waals surface area contributed by atoms with E-state index in [1.54, 1.807) is 0 Å². The molecule has 0 saturated heterocycles. The number of carbonyl (C=O) groups excluding carboxylic acids is 2. The number of ether oxygens (including phenoxy) is 3. The van der Waals surface area contributed by atoms with Crippen LogP contribution in [0.15, 0.2) is 57.5 Å². The fraction of sp³-hybridized carbons (Fsp3) is 0.238. The fourth-order valence-electron chi connectivity index (χ4n) is 3.26. The van der Waals surface area contributed by atoms with Crippen LogP contribution in [0.3, 0.4) is 0 Å². The van der Waals surface area contributed by atoms with Crippen LogP contribution in [-0.2, 0) is 39.8 Å². The third kappa shape index (κ3) is 5.25. The first-order valence-electron chi connectivity index (χ1n) is 9.49. The Bertz CT molecular complexity index is 1310. The molecule has 0 saturated carbocycles. The van der Waals surface area contributed by atoms with Crippen molar-refractivity contribution in [1.82, 2.24) is 0 Å². The van der Waals surface area contributed by atoms with Crippen molar-refractivity contribution in [2.24, 2.45) is 0 Å². The molecule has 35 heavy (non-hydrogen) atoms. The van der Waals surface area contributed by atoms with Gasteiger partial charge in [-0.2, -0.15) is 13.2 Å². The molecule has 1 aliphatic rings. The van der Waals surface area contributed by atoms with Crippen molar-refractivity contribution < 1.29 is 45.4 Å². The zero-order chi connectivity index (χ0) is 26.1. The largest absolute Gasteiger partial charge is 0.466 e. The minimum Gasteiger partial charge on any atom is -0.466 e. The summed E-state index contributed by atoms with van der Waals surface area (Å²) in [5.74, 6) is -2.16. The fourth-order valence-corrected chi connectivity index (χ4v) is 5.19. The molecule has 0 N–H and O–H groups in total. The number of anilines is 1. The molecule has 0 bridgehead atoms. The van der Waals surface area contributed by atoms with Crippen LogP contribution in [0.4, 0.5) is 18.9 Å². The molecule has 0 aromatic heterocycles. The maximum Gasteiger partial charge on any atom is 0.417 e. The van der Waals surface area contributed by atoms with Crippen LogP contribution in [0.25, 0.3) is 0 Å². The van der Waals surface area contributed by atoms with Gasteiger partial charge in [-0.25, -0.2) is 18.0 Å². The van der Waals surface area contributed by atoms with Gasteiger partial charge in [0.25, 0.3) is 0 Å². The Morgan fingerprint density at radius 1 is 1.03 bits per heavy atom. The molecule has 8 nitrogen and oxygen atoms in total. The van der Waals surface area contributed by atoms with Crippen molar-refractivity contribution in [3.63, 3.8) is 0 Å². The summed E-state index contributed by atoms with van der Waals surface area (Å²) >= 11 is 11.7. The van der Waals surface area contributed by atoms with Crippen molar-refractivity contribution in [3.05, 3.63) is 63.3 Å². The summed E-state index contributed by atoms with van der Waals surface area (Å²) in [5, 5.41) is -0.679. The molecule has 2 aromatic carbocycles. The van der Waals surface area contributed by atoms with E-state index in [2.05, 4.69) is 4.74 Å². The van der Waals surface area contributed by atoms with Gasteiger partial charge in [0.15, 0.2) is 0 Å². The SMILES string of the molecule is COC(=O)C1=C(C(=O)OC)N(c2cc(C(F)(F)F)c(Cl)cc2S(=O)(=O)c2ccc(Cl)cc2)COC1. The number of benzene rings is 2. The lowest BCUT2D eigenvalue weighted by molar-refractivity contribution is -0.140. The van der Waals surface area contributed by atoms with E-state index in [0.29, 0.717) is 12.1 Å². The van der Waals surface area contributed by atoms with Crippen molar-refractivity contribution in [2.45, 2.75) is 16.0 Å². The zero-order valence-corrected chi connectivity index (χ0v) is 20.3.